The maximum Gasteiger partial charge on any atom is 0.405 e. The molecule has 0 radical (unpaired) electrons. The Hall–Kier alpha value is -3.61. The molecule has 4 amide bonds. The first-order valence-corrected chi connectivity index (χ1v) is 10.1. The van der Waals surface area contributed by atoms with Crippen LogP contribution in [0.25, 0.3) is 0 Å². The molecule has 2 aromatic carbocycles. The van der Waals surface area contributed by atoms with Crippen molar-refractivity contribution in [1.82, 2.24) is 10.6 Å². The van der Waals surface area contributed by atoms with Crippen molar-refractivity contribution < 1.29 is 41.5 Å². The molecule has 0 saturated heterocycles. The van der Waals surface area contributed by atoms with Gasteiger partial charge in [0.25, 0.3) is 5.91 Å². The molecule has 0 aliphatic rings. The minimum Gasteiger partial charge on any atom is -0.452 e. The fourth-order valence-electron chi connectivity index (χ4n) is 2.23. The number of carbonyl (C=O) groups is 4. The van der Waals surface area contributed by atoms with Crippen LogP contribution in [0.15, 0.2) is 53.4 Å². The highest BCUT2D eigenvalue weighted by molar-refractivity contribution is 8.00. The van der Waals surface area contributed by atoms with Gasteiger partial charge in [0, 0.05) is 10.6 Å². The van der Waals surface area contributed by atoms with E-state index in [0.29, 0.717) is 10.6 Å². The number of amides is 4. The summed E-state index contributed by atoms with van der Waals surface area (Å²) in [7, 11) is 0. The van der Waals surface area contributed by atoms with E-state index < -0.39 is 49.0 Å². The predicted molar refractivity (Wildman–Crippen MR) is 110 cm³/mol. The fourth-order valence-corrected chi connectivity index (χ4v) is 3.07. The van der Waals surface area contributed by atoms with Crippen LogP contribution >= 0.6 is 11.8 Å². The lowest BCUT2D eigenvalue weighted by molar-refractivity contribution is -0.125. The van der Waals surface area contributed by atoms with Crippen LogP contribution < -0.4 is 16.0 Å². The average Bonchev–Trinajstić information content (AvgIpc) is 2.76. The molecule has 0 atom stereocenters. The van der Waals surface area contributed by atoms with Gasteiger partial charge in [0.1, 0.15) is 12.4 Å². The SMILES string of the molecule is O=C(COC(=O)c1ccccc1SCC(=O)Nc1ccc(F)cc1)NC(=O)NCC(F)(F)F. The zero-order chi connectivity index (χ0) is 24.4. The molecule has 0 spiro atoms. The predicted octanol–water partition coefficient (Wildman–Crippen LogP) is 3.10. The summed E-state index contributed by atoms with van der Waals surface area (Å²) < 4.78 is 53.8. The summed E-state index contributed by atoms with van der Waals surface area (Å²) in [6.45, 7) is -2.55. The number of carbonyl (C=O) groups excluding carboxylic acids is 4. The average molecular weight is 487 g/mol. The third-order valence-electron chi connectivity index (χ3n) is 3.63. The molecular weight excluding hydrogens is 470 g/mol. The van der Waals surface area contributed by atoms with E-state index in [0.717, 1.165) is 11.8 Å². The summed E-state index contributed by atoms with van der Waals surface area (Å²) >= 11 is 1.00. The Morgan fingerprint density at radius 1 is 0.939 bits per heavy atom. The maximum absolute atomic E-state index is 12.9. The second-order valence-corrected chi connectivity index (χ2v) is 7.28. The van der Waals surface area contributed by atoms with Crippen LogP contribution in [0, 0.1) is 5.82 Å². The molecule has 2 aromatic rings. The molecule has 0 aliphatic heterocycles. The lowest BCUT2D eigenvalue weighted by Gasteiger charge is -2.11. The number of anilines is 1. The number of urea groups is 1. The van der Waals surface area contributed by atoms with Crippen LogP contribution in [-0.4, -0.2) is 48.9 Å². The molecule has 0 heterocycles. The Morgan fingerprint density at radius 2 is 1.61 bits per heavy atom. The van der Waals surface area contributed by atoms with E-state index in [1.807, 2.05) is 0 Å². The smallest absolute Gasteiger partial charge is 0.405 e. The molecular formula is C20H17F4N3O5S. The van der Waals surface area contributed by atoms with Gasteiger partial charge in [0.15, 0.2) is 6.61 Å². The van der Waals surface area contributed by atoms with Crippen molar-refractivity contribution in [2.75, 3.05) is 24.2 Å². The van der Waals surface area contributed by atoms with E-state index in [-0.39, 0.29) is 11.3 Å². The second-order valence-electron chi connectivity index (χ2n) is 6.26. The number of halogens is 4. The largest absolute Gasteiger partial charge is 0.452 e. The van der Waals surface area contributed by atoms with Gasteiger partial charge in [-0.1, -0.05) is 12.1 Å². The lowest BCUT2D eigenvalue weighted by atomic mass is 10.2. The fraction of sp³-hybridized carbons (Fsp3) is 0.200. The van der Waals surface area contributed by atoms with E-state index in [1.165, 1.54) is 47.8 Å². The van der Waals surface area contributed by atoms with E-state index >= 15 is 0 Å². The first-order chi connectivity index (χ1) is 15.5. The molecule has 13 heteroatoms. The minimum atomic E-state index is -4.65. The number of thioether (sulfide) groups is 1. The van der Waals surface area contributed by atoms with Crippen LogP contribution in [0.2, 0.25) is 0 Å². The normalized spacial score (nSPS) is 10.8. The molecule has 0 saturated carbocycles. The van der Waals surface area contributed by atoms with E-state index in [9.17, 15) is 36.7 Å². The molecule has 0 aromatic heterocycles. The summed E-state index contributed by atoms with van der Waals surface area (Å²) in [4.78, 5) is 47.5. The van der Waals surface area contributed by atoms with Gasteiger partial charge in [0.2, 0.25) is 5.91 Å². The van der Waals surface area contributed by atoms with Gasteiger partial charge in [-0.25, -0.2) is 14.0 Å². The summed E-state index contributed by atoms with van der Waals surface area (Å²) in [6, 6.07) is 9.80. The van der Waals surface area contributed by atoms with Crippen LogP contribution in [-0.2, 0) is 14.3 Å². The van der Waals surface area contributed by atoms with Crippen molar-refractivity contribution in [1.29, 1.82) is 0 Å². The molecule has 0 fully saturated rings. The van der Waals surface area contributed by atoms with Crippen molar-refractivity contribution in [3.05, 3.63) is 59.9 Å². The topological polar surface area (TPSA) is 114 Å². The van der Waals surface area contributed by atoms with Gasteiger partial charge < -0.3 is 15.4 Å². The third kappa shape index (κ3) is 9.60. The van der Waals surface area contributed by atoms with Gasteiger partial charge in [-0.3, -0.25) is 14.9 Å². The highest BCUT2D eigenvalue weighted by Gasteiger charge is 2.28. The summed E-state index contributed by atoms with van der Waals surface area (Å²) in [6.07, 6.45) is -4.65. The Morgan fingerprint density at radius 3 is 2.27 bits per heavy atom. The zero-order valence-corrected chi connectivity index (χ0v) is 17.5. The van der Waals surface area contributed by atoms with Crippen LogP contribution in [0.1, 0.15) is 10.4 Å². The first kappa shape index (κ1) is 25.6. The number of hydrogen-bond acceptors (Lipinski definition) is 6. The third-order valence-corrected chi connectivity index (χ3v) is 4.70. The monoisotopic (exact) mass is 487 g/mol. The van der Waals surface area contributed by atoms with Crippen LogP contribution in [0.5, 0.6) is 0 Å². The number of ether oxygens (including phenoxy) is 1. The van der Waals surface area contributed by atoms with Crippen molar-refractivity contribution in [3.8, 4) is 0 Å². The Balaban J connectivity index is 1.85. The molecule has 0 unspecified atom stereocenters. The van der Waals surface area contributed by atoms with Gasteiger partial charge >= 0.3 is 18.2 Å². The van der Waals surface area contributed by atoms with Gasteiger partial charge in [0.05, 0.1) is 11.3 Å². The number of imide groups is 1. The zero-order valence-electron chi connectivity index (χ0n) is 16.7. The highest BCUT2D eigenvalue weighted by atomic mass is 32.2. The van der Waals surface area contributed by atoms with Crippen LogP contribution in [0.4, 0.5) is 28.0 Å². The first-order valence-electron chi connectivity index (χ1n) is 9.12. The second kappa shape index (κ2) is 11.9. The number of benzene rings is 2. The van der Waals surface area contributed by atoms with Gasteiger partial charge in [-0.15, -0.1) is 11.8 Å². The highest BCUT2D eigenvalue weighted by Crippen LogP contribution is 2.23. The van der Waals surface area contributed by atoms with E-state index in [4.69, 9.17) is 4.74 Å². The minimum absolute atomic E-state index is 0.0337. The Kier molecular flexibility index (Phi) is 9.21. The molecule has 3 N–H and O–H groups in total. The summed E-state index contributed by atoms with van der Waals surface area (Å²) in [5, 5.41) is 5.59. The number of alkyl halides is 3. The van der Waals surface area contributed by atoms with Gasteiger partial charge in [-0.2, -0.15) is 13.2 Å². The molecule has 0 bridgehead atoms. The van der Waals surface area contributed by atoms with Crippen molar-refractivity contribution in [3.63, 3.8) is 0 Å². The molecule has 33 heavy (non-hydrogen) atoms. The number of hydrogen-bond donors (Lipinski definition) is 3. The standard InChI is InChI=1S/C20H17F4N3O5S/c21-12-5-7-13(8-6-12)26-17(29)10-33-15-4-2-1-3-14(15)18(30)32-9-16(28)27-19(31)25-11-20(22,23)24/h1-8H,9-11H2,(H,26,29)(H2,25,27,28,31). The molecule has 0 aliphatic carbocycles. The van der Waals surface area contributed by atoms with E-state index in [1.54, 1.807) is 11.4 Å². The maximum atomic E-state index is 12.9. The van der Waals surface area contributed by atoms with Crippen molar-refractivity contribution in [2.45, 2.75) is 11.1 Å². The molecule has 8 nitrogen and oxygen atoms in total. The molecule has 176 valence electrons. The van der Waals surface area contributed by atoms with E-state index in [2.05, 4.69) is 5.32 Å². The van der Waals surface area contributed by atoms with Crippen LogP contribution in [0.3, 0.4) is 0 Å². The summed E-state index contributed by atoms with van der Waals surface area (Å²) in [5.74, 6) is -3.04. The van der Waals surface area contributed by atoms with Crippen molar-refractivity contribution in [2.24, 2.45) is 0 Å². The lowest BCUT2D eigenvalue weighted by Crippen LogP contribution is -2.44. The summed E-state index contributed by atoms with van der Waals surface area (Å²) in [5.41, 5.74) is 0.423. The Bertz CT molecular complexity index is 1020. The number of nitrogens with one attached hydrogen (secondary N) is 3. The molecule has 2 rings (SSSR count). The number of rotatable bonds is 8. The Labute approximate surface area is 189 Å². The quantitative estimate of drug-likeness (QED) is 0.300. The van der Waals surface area contributed by atoms with Gasteiger partial charge in [-0.05, 0) is 36.4 Å². The van der Waals surface area contributed by atoms with Crippen molar-refractivity contribution >= 4 is 41.3 Å². The number of esters is 1.